The summed E-state index contributed by atoms with van der Waals surface area (Å²) in [6.45, 7) is 10.9. The fourth-order valence-electron chi connectivity index (χ4n) is 4.40. The van der Waals surface area contributed by atoms with Crippen LogP contribution in [0.25, 0.3) is 0 Å². The first-order valence-corrected chi connectivity index (χ1v) is 10.8. The first-order valence-electron chi connectivity index (χ1n) is 10.8. The lowest BCUT2D eigenvalue weighted by Crippen LogP contribution is -2.31. The molecule has 1 atom stereocenters. The van der Waals surface area contributed by atoms with Crippen LogP contribution >= 0.6 is 0 Å². The highest BCUT2D eigenvalue weighted by Crippen LogP contribution is 2.38. The highest BCUT2D eigenvalue weighted by atomic mass is 16.5. The molecule has 30 heavy (non-hydrogen) atoms. The number of anilines is 2. The number of carbonyl (C=O) groups excluding carboxylic acids is 1. The van der Waals surface area contributed by atoms with Crippen molar-refractivity contribution in [2.75, 3.05) is 30.4 Å². The number of hydrogen-bond donors (Lipinski definition) is 3. The molecule has 0 aromatic heterocycles. The van der Waals surface area contributed by atoms with Crippen LogP contribution in [0.3, 0.4) is 0 Å². The number of ether oxygens (including phenoxy) is 1. The first-order chi connectivity index (χ1) is 14.4. The average molecular weight is 411 g/mol. The molecule has 1 heterocycles. The first kappa shape index (κ1) is 22.1. The van der Waals surface area contributed by atoms with Crippen molar-refractivity contribution >= 4 is 17.3 Å². The van der Waals surface area contributed by atoms with E-state index in [9.17, 15) is 4.79 Å². The van der Waals surface area contributed by atoms with Gasteiger partial charge in [-0.15, -0.1) is 0 Å². The van der Waals surface area contributed by atoms with E-state index in [1.807, 2.05) is 32.9 Å². The minimum atomic E-state index is -0.202. The zero-order valence-electron chi connectivity index (χ0n) is 18.5. The summed E-state index contributed by atoms with van der Waals surface area (Å²) in [5.41, 5.74) is 15.0. The molecule has 2 aromatic carbocycles. The number of hydrazine groups is 1. The number of rotatable bonds is 7. The van der Waals surface area contributed by atoms with E-state index in [-0.39, 0.29) is 18.3 Å². The Balaban J connectivity index is 2.09. The van der Waals surface area contributed by atoms with Gasteiger partial charge < -0.3 is 20.8 Å². The van der Waals surface area contributed by atoms with Gasteiger partial charge >= 0.3 is 5.97 Å². The van der Waals surface area contributed by atoms with Gasteiger partial charge in [-0.05, 0) is 80.1 Å². The molecule has 0 fully saturated rings. The molecule has 0 bridgehead atoms. The van der Waals surface area contributed by atoms with Crippen molar-refractivity contribution in [3.8, 4) is 0 Å². The number of nitrogens with zero attached hydrogens (tertiary/aromatic N) is 1. The van der Waals surface area contributed by atoms with Gasteiger partial charge in [0.05, 0.1) is 24.4 Å². The monoisotopic (exact) mass is 410 g/mol. The zero-order valence-corrected chi connectivity index (χ0v) is 18.5. The van der Waals surface area contributed by atoms with Crippen molar-refractivity contribution in [3.05, 3.63) is 57.6 Å². The van der Waals surface area contributed by atoms with Gasteiger partial charge in [-0.25, -0.2) is 5.84 Å². The van der Waals surface area contributed by atoms with Crippen molar-refractivity contribution in [1.82, 2.24) is 5.32 Å². The van der Waals surface area contributed by atoms with Crippen LogP contribution in [0, 0.1) is 13.8 Å². The molecule has 0 radical (unpaired) electrons. The van der Waals surface area contributed by atoms with Gasteiger partial charge in [-0.1, -0.05) is 18.2 Å². The molecule has 1 aliphatic heterocycles. The third kappa shape index (κ3) is 4.45. The lowest BCUT2D eigenvalue weighted by atomic mass is 9.82. The Bertz CT molecular complexity index is 926. The summed E-state index contributed by atoms with van der Waals surface area (Å²) in [7, 11) is 0. The SMILES string of the molecule is CCOC(=O)CC(c1cc(C)c2c(c1)CNCC2)c1ccc(N(N)CC)c(N)c1C. The van der Waals surface area contributed by atoms with Crippen LogP contribution in [0.5, 0.6) is 0 Å². The van der Waals surface area contributed by atoms with Crippen molar-refractivity contribution in [3.63, 3.8) is 0 Å². The van der Waals surface area contributed by atoms with Crippen molar-refractivity contribution in [1.29, 1.82) is 0 Å². The van der Waals surface area contributed by atoms with E-state index in [1.54, 1.807) is 5.01 Å². The van der Waals surface area contributed by atoms with E-state index >= 15 is 0 Å². The van der Waals surface area contributed by atoms with Crippen LogP contribution in [0.4, 0.5) is 11.4 Å². The van der Waals surface area contributed by atoms with E-state index < -0.39 is 0 Å². The molecule has 5 N–H and O–H groups in total. The number of nitrogens with two attached hydrogens (primary N) is 2. The topological polar surface area (TPSA) is 93.6 Å². The summed E-state index contributed by atoms with van der Waals surface area (Å²) in [4.78, 5) is 12.5. The summed E-state index contributed by atoms with van der Waals surface area (Å²) in [6, 6.07) is 8.46. The fraction of sp³-hybridized carbons (Fsp3) is 0.458. The van der Waals surface area contributed by atoms with Gasteiger partial charge in [0.25, 0.3) is 0 Å². The molecule has 162 valence electrons. The Labute approximate surface area is 179 Å². The number of fused-ring (bicyclic) bond motifs is 1. The predicted molar refractivity (Wildman–Crippen MR) is 122 cm³/mol. The third-order valence-electron chi connectivity index (χ3n) is 6.09. The molecule has 0 spiro atoms. The minimum absolute atomic E-state index is 0.126. The van der Waals surface area contributed by atoms with E-state index in [2.05, 4.69) is 24.4 Å². The molecular formula is C24H34N4O2. The van der Waals surface area contributed by atoms with Crippen LogP contribution in [0.15, 0.2) is 24.3 Å². The lowest BCUT2D eigenvalue weighted by molar-refractivity contribution is -0.143. The van der Waals surface area contributed by atoms with E-state index in [0.717, 1.165) is 41.9 Å². The van der Waals surface area contributed by atoms with Crippen LogP contribution in [-0.4, -0.2) is 25.7 Å². The normalized spacial score (nSPS) is 14.2. The third-order valence-corrected chi connectivity index (χ3v) is 6.09. The smallest absolute Gasteiger partial charge is 0.306 e. The second-order valence-corrected chi connectivity index (χ2v) is 7.96. The molecule has 0 saturated carbocycles. The number of benzene rings is 2. The standard InChI is InChI=1S/C24H34N4O2/c1-5-28(26)22-8-7-20(16(4)24(22)25)21(13-23(29)30-6-2)17-11-15(3)19-9-10-27-14-18(19)12-17/h7-8,11-12,21,27H,5-6,9-10,13-14,25-26H2,1-4H3. The maximum Gasteiger partial charge on any atom is 0.306 e. The number of carbonyl (C=O) groups is 1. The molecule has 6 heteroatoms. The Morgan fingerprint density at radius 1 is 1.27 bits per heavy atom. The molecule has 2 aromatic rings. The van der Waals surface area contributed by atoms with Crippen LogP contribution in [0.1, 0.15) is 59.6 Å². The Kier molecular flexibility index (Phi) is 7.00. The molecular weight excluding hydrogens is 376 g/mol. The quantitative estimate of drug-likeness (QED) is 0.281. The van der Waals surface area contributed by atoms with E-state index in [4.69, 9.17) is 16.3 Å². The van der Waals surface area contributed by atoms with Gasteiger partial charge in [0, 0.05) is 19.0 Å². The zero-order chi connectivity index (χ0) is 21.8. The highest BCUT2D eigenvalue weighted by Gasteiger charge is 2.25. The molecule has 1 aliphatic rings. The minimum Gasteiger partial charge on any atom is -0.466 e. The van der Waals surface area contributed by atoms with E-state index in [0.29, 0.717) is 18.8 Å². The molecule has 0 amide bonds. The van der Waals surface area contributed by atoms with E-state index in [1.165, 1.54) is 16.7 Å². The summed E-state index contributed by atoms with van der Waals surface area (Å²) in [5, 5.41) is 5.09. The van der Waals surface area contributed by atoms with Crippen LogP contribution in [-0.2, 0) is 22.5 Å². The second kappa shape index (κ2) is 9.49. The van der Waals surface area contributed by atoms with Crippen LogP contribution < -0.4 is 21.9 Å². The number of nitrogens with one attached hydrogen (secondary N) is 1. The van der Waals surface area contributed by atoms with Crippen molar-refractivity contribution in [2.24, 2.45) is 5.84 Å². The molecule has 0 saturated heterocycles. The van der Waals surface area contributed by atoms with Crippen molar-refractivity contribution < 1.29 is 9.53 Å². The average Bonchev–Trinajstić information content (AvgIpc) is 2.74. The number of aryl methyl sites for hydroxylation is 1. The van der Waals surface area contributed by atoms with Gasteiger partial charge in [0.15, 0.2) is 0 Å². The Morgan fingerprint density at radius 2 is 2.03 bits per heavy atom. The Morgan fingerprint density at radius 3 is 2.73 bits per heavy atom. The summed E-state index contributed by atoms with van der Waals surface area (Å²) >= 11 is 0. The molecule has 1 unspecified atom stereocenters. The van der Waals surface area contributed by atoms with Gasteiger partial charge in [-0.2, -0.15) is 0 Å². The van der Waals surface area contributed by atoms with Crippen molar-refractivity contribution in [2.45, 2.75) is 53.0 Å². The molecule has 3 rings (SSSR count). The summed E-state index contributed by atoms with van der Waals surface area (Å²) in [5.74, 6) is 5.76. The fourth-order valence-corrected chi connectivity index (χ4v) is 4.40. The number of hydrogen-bond acceptors (Lipinski definition) is 6. The van der Waals surface area contributed by atoms with Crippen LogP contribution in [0.2, 0.25) is 0 Å². The summed E-state index contributed by atoms with van der Waals surface area (Å²) in [6.07, 6.45) is 1.31. The number of nitrogen functional groups attached to an aromatic ring is 1. The second-order valence-electron chi connectivity index (χ2n) is 7.96. The van der Waals surface area contributed by atoms with Gasteiger partial charge in [-0.3, -0.25) is 4.79 Å². The van der Waals surface area contributed by atoms with Gasteiger partial charge in [0.1, 0.15) is 0 Å². The lowest BCUT2D eigenvalue weighted by Gasteiger charge is -2.27. The Hall–Kier alpha value is -2.57. The van der Waals surface area contributed by atoms with Gasteiger partial charge in [0.2, 0.25) is 0 Å². The summed E-state index contributed by atoms with van der Waals surface area (Å²) < 4.78 is 5.30. The number of esters is 1. The highest BCUT2D eigenvalue weighted by molar-refractivity contribution is 5.75. The predicted octanol–water partition coefficient (Wildman–Crippen LogP) is 3.32. The maximum absolute atomic E-state index is 12.5. The molecule has 6 nitrogen and oxygen atoms in total. The largest absolute Gasteiger partial charge is 0.466 e. The maximum atomic E-state index is 12.5. The molecule has 0 aliphatic carbocycles.